The normalized spacial score (nSPS) is 11.5. The average Bonchev–Trinajstić information content (AvgIpc) is 3.54. The van der Waals surface area contributed by atoms with Crippen LogP contribution in [0.1, 0.15) is 27.9 Å². The summed E-state index contributed by atoms with van der Waals surface area (Å²) in [5.74, 6) is -2.28. The molecule has 2 heterocycles. The molecule has 0 saturated heterocycles. The van der Waals surface area contributed by atoms with Gasteiger partial charge in [0.25, 0.3) is 5.91 Å². The molecule has 0 radical (unpaired) electrons. The molecule has 0 aliphatic carbocycles. The van der Waals surface area contributed by atoms with Gasteiger partial charge in [0.15, 0.2) is 17.1 Å². The van der Waals surface area contributed by atoms with E-state index in [1.807, 2.05) is 0 Å². The van der Waals surface area contributed by atoms with E-state index in [-0.39, 0.29) is 45.5 Å². The minimum atomic E-state index is -4.07. The Morgan fingerprint density at radius 3 is 2.60 bits per heavy atom. The van der Waals surface area contributed by atoms with E-state index < -0.39 is 27.7 Å². The lowest BCUT2D eigenvalue weighted by Crippen LogP contribution is -2.17. The number of sulfonamides is 1. The van der Waals surface area contributed by atoms with Crippen LogP contribution in [0.2, 0.25) is 0 Å². The molecule has 5 N–H and O–H groups in total. The molecule has 5 rings (SSSR count). The van der Waals surface area contributed by atoms with E-state index in [0.29, 0.717) is 16.7 Å². The van der Waals surface area contributed by atoms with Crippen molar-refractivity contribution in [2.75, 3.05) is 17.7 Å². The van der Waals surface area contributed by atoms with Gasteiger partial charge in [0, 0.05) is 11.6 Å². The summed E-state index contributed by atoms with van der Waals surface area (Å²) in [6.07, 6.45) is 0. The minimum Gasteiger partial charge on any atom is -0.461 e. The van der Waals surface area contributed by atoms with Crippen molar-refractivity contribution in [1.82, 2.24) is 14.9 Å². The van der Waals surface area contributed by atoms with Crippen LogP contribution >= 0.6 is 0 Å². The first-order chi connectivity index (χ1) is 19.1. The number of aromatic nitrogens is 3. The van der Waals surface area contributed by atoms with Crippen LogP contribution in [0.15, 0.2) is 76.1 Å². The molecule has 3 aromatic carbocycles. The third-order valence-corrected chi connectivity index (χ3v) is 6.84. The van der Waals surface area contributed by atoms with Crippen LogP contribution in [0.3, 0.4) is 0 Å². The van der Waals surface area contributed by atoms with E-state index in [9.17, 15) is 18.0 Å². The number of anilines is 2. The number of halogens is 1. The molecule has 204 valence electrons. The van der Waals surface area contributed by atoms with E-state index in [2.05, 4.69) is 15.6 Å². The molecule has 5 aromatic rings. The summed E-state index contributed by atoms with van der Waals surface area (Å²) in [5.41, 5.74) is 6.56. The number of carbonyl (C=O) groups excluding carboxylic acids is 2. The number of carbonyl (C=O) groups is 2. The Balaban J connectivity index is 1.51. The van der Waals surface area contributed by atoms with Crippen molar-refractivity contribution >= 4 is 44.4 Å². The van der Waals surface area contributed by atoms with Gasteiger partial charge in [-0.05, 0) is 48.9 Å². The van der Waals surface area contributed by atoms with E-state index in [4.69, 9.17) is 20.1 Å². The molecule has 40 heavy (non-hydrogen) atoms. The van der Waals surface area contributed by atoms with Crippen LogP contribution in [-0.2, 0) is 14.8 Å². The number of benzene rings is 3. The molecule has 0 atom stereocenters. The second-order valence-corrected chi connectivity index (χ2v) is 10.0. The fourth-order valence-electron chi connectivity index (χ4n) is 4.05. The van der Waals surface area contributed by atoms with Gasteiger partial charge in [0.2, 0.25) is 10.0 Å². The predicted octanol–water partition coefficient (Wildman–Crippen LogP) is 3.48. The third kappa shape index (κ3) is 5.00. The Morgan fingerprint density at radius 2 is 1.88 bits per heavy atom. The number of nitrogen functional groups attached to an aromatic ring is 1. The molecule has 12 nitrogen and oxygen atoms in total. The van der Waals surface area contributed by atoms with E-state index in [1.165, 1.54) is 41.1 Å². The van der Waals surface area contributed by atoms with E-state index in [0.717, 1.165) is 6.07 Å². The summed E-state index contributed by atoms with van der Waals surface area (Å²) in [7, 11) is -4.07. The van der Waals surface area contributed by atoms with Crippen molar-refractivity contribution in [3.05, 3.63) is 83.9 Å². The summed E-state index contributed by atoms with van der Waals surface area (Å²) < 4.78 is 50.4. The van der Waals surface area contributed by atoms with Crippen LogP contribution in [0.4, 0.5) is 15.9 Å². The standard InChI is InChI=1S/C26H21FN6O6S/c1-2-38-26(35)20-13-21(33(31-20)15-8-10-22-17(12-15)24(28)32-39-22)25(34)30-19-9-7-14(11-18(19)27)16-5-3-4-6-23(16)40(29,36)37/h3-13H,2H2,1H3,(H2,28,32)(H,30,34)(H2,29,36,37). The first-order valence-corrected chi connectivity index (χ1v) is 13.3. The fraction of sp³-hybridized carbons (Fsp3) is 0.0769. The molecule has 0 spiro atoms. The number of nitrogens with zero attached hydrogens (tertiary/aromatic N) is 3. The van der Waals surface area contributed by atoms with Crippen LogP contribution in [0.5, 0.6) is 0 Å². The minimum absolute atomic E-state index is 0.0859. The number of hydrogen-bond donors (Lipinski definition) is 3. The first kappa shape index (κ1) is 26.5. The van der Waals surface area contributed by atoms with Gasteiger partial charge in [-0.25, -0.2) is 27.4 Å². The van der Waals surface area contributed by atoms with Gasteiger partial charge >= 0.3 is 5.97 Å². The highest BCUT2D eigenvalue weighted by molar-refractivity contribution is 7.89. The number of ether oxygens (including phenoxy) is 1. The van der Waals surface area contributed by atoms with Gasteiger partial charge < -0.3 is 20.3 Å². The maximum atomic E-state index is 15.2. The molecule has 0 saturated carbocycles. The van der Waals surface area contributed by atoms with Crippen LogP contribution in [0.25, 0.3) is 27.8 Å². The molecular formula is C26H21FN6O6S. The lowest BCUT2D eigenvalue weighted by molar-refractivity contribution is 0.0519. The number of esters is 1. The average molecular weight is 565 g/mol. The summed E-state index contributed by atoms with van der Waals surface area (Å²) >= 11 is 0. The Hall–Kier alpha value is -5.08. The summed E-state index contributed by atoms with van der Waals surface area (Å²) in [6.45, 7) is 1.71. The maximum absolute atomic E-state index is 15.2. The molecule has 0 fully saturated rings. The molecule has 2 aromatic heterocycles. The Kier molecular flexibility index (Phi) is 6.79. The molecular weight excluding hydrogens is 543 g/mol. The summed E-state index contributed by atoms with van der Waals surface area (Å²) in [6, 6.07) is 15.6. The van der Waals surface area contributed by atoms with Gasteiger partial charge in [0.1, 0.15) is 11.5 Å². The van der Waals surface area contributed by atoms with Gasteiger partial charge in [0.05, 0.1) is 28.3 Å². The van der Waals surface area contributed by atoms with Crippen molar-refractivity contribution in [1.29, 1.82) is 0 Å². The Morgan fingerprint density at radius 1 is 1.10 bits per heavy atom. The topological polar surface area (TPSA) is 185 Å². The zero-order valence-electron chi connectivity index (χ0n) is 20.8. The summed E-state index contributed by atoms with van der Waals surface area (Å²) in [5, 5.41) is 16.1. The van der Waals surface area contributed by atoms with Crippen molar-refractivity contribution < 1.29 is 31.7 Å². The molecule has 0 bridgehead atoms. The second-order valence-electron chi connectivity index (χ2n) is 8.49. The molecule has 0 unspecified atom stereocenters. The molecule has 14 heteroatoms. The van der Waals surface area contributed by atoms with Crippen molar-refractivity contribution in [3.8, 4) is 16.8 Å². The summed E-state index contributed by atoms with van der Waals surface area (Å²) in [4.78, 5) is 25.5. The van der Waals surface area contributed by atoms with E-state index in [1.54, 1.807) is 31.2 Å². The van der Waals surface area contributed by atoms with E-state index >= 15 is 4.39 Å². The number of nitrogens with one attached hydrogen (secondary N) is 1. The SMILES string of the molecule is CCOC(=O)c1cc(C(=O)Nc2ccc(-c3ccccc3S(N)(=O)=O)cc2F)n(-c2ccc3onc(N)c3c2)n1. The fourth-order valence-corrected chi connectivity index (χ4v) is 4.81. The first-order valence-electron chi connectivity index (χ1n) is 11.7. The largest absolute Gasteiger partial charge is 0.461 e. The van der Waals surface area contributed by atoms with Gasteiger partial charge in [-0.2, -0.15) is 5.10 Å². The Bertz CT molecular complexity index is 1900. The van der Waals surface area contributed by atoms with Crippen molar-refractivity contribution in [2.24, 2.45) is 5.14 Å². The quantitative estimate of drug-likeness (QED) is 0.249. The van der Waals surface area contributed by atoms with Crippen molar-refractivity contribution in [2.45, 2.75) is 11.8 Å². The third-order valence-electron chi connectivity index (χ3n) is 5.87. The smallest absolute Gasteiger partial charge is 0.358 e. The van der Waals surface area contributed by atoms with Gasteiger partial charge in [-0.15, -0.1) is 0 Å². The maximum Gasteiger partial charge on any atom is 0.358 e. The van der Waals surface area contributed by atoms with Gasteiger partial charge in [-0.3, -0.25) is 4.79 Å². The van der Waals surface area contributed by atoms with Crippen LogP contribution in [-0.4, -0.2) is 41.8 Å². The van der Waals surface area contributed by atoms with Crippen LogP contribution in [0, 0.1) is 5.82 Å². The van der Waals surface area contributed by atoms with Crippen molar-refractivity contribution in [3.63, 3.8) is 0 Å². The highest BCUT2D eigenvalue weighted by atomic mass is 32.2. The monoisotopic (exact) mass is 564 g/mol. The molecule has 0 aliphatic heterocycles. The number of primary sulfonamides is 1. The molecule has 0 aliphatic rings. The Labute approximate surface area is 226 Å². The highest BCUT2D eigenvalue weighted by Crippen LogP contribution is 2.30. The number of amides is 1. The van der Waals surface area contributed by atoms with Gasteiger partial charge in [-0.1, -0.05) is 29.4 Å². The number of rotatable bonds is 7. The number of nitrogens with two attached hydrogens (primary N) is 2. The highest BCUT2D eigenvalue weighted by Gasteiger charge is 2.23. The second kappa shape index (κ2) is 10.2. The van der Waals surface area contributed by atoms with Crippen LogP contribution < -0.4 is 16.2 Å². The lowest BCUT2D eigenvalue weighted by atomic mass is 10.0. The zero-order valence-corrected chi connectivity index (χ0v) is 21.6. The predicted molar refractivity (Wildman–Crippen MR) is 143 cm³/mol. The zero-order chi connectivity index (χ0) is 28.6. The molecule has 1 amide bonds. The number of hydrogen-bond acceptors (Lipinski definition) is 9. The number of fused-ring (bicyclic) bond motifs is 1. The lowest BCUT2D eigenvalue weighted by Gasteiger charge is -2.12.